The van der Waals surface area contributed by atoms with Gasteiger partial charge in [0.15, 0.2) is 0 Å². The molecule has 0 spiro atoms. The normalized spacial score (nSPS) is 18.4. The summed E-state index contributed by atoms with van der Waals surface area (Å²) in [5, 5.41) is 18.6. The third-order valence-corrected chi connectivity index (χ3v) is 6.99. The van der Waals surface area contributed by atoms with Crippen LogP contribution >= 0.6 is 0 Å². The van der Waals surface area contributed by atoms with Crippen LogP contribution in [0.5, 0.6) is 11.5 Å². The number of carbonyl (C=O) groups excluding carboxylic acids is 1. The van der Waals surface area contributed by atoms with Gasteiger partial charge in [0, 0.05) is 50.9 Å². The zero-order chi connectivity index (χ0) is 26.0. The van der Waals surface area contributed by atoms with E-state index in [1.165, 1.54) is 0 Å². The molecule has 1 heterocycles. The van der Waals surface area contributed by atoms with E-state index in [9.17, 15) is 9.90 Å². The van der Waals surface area contributed by atoms with Crippen molar-refractivity contribution in [1.82, 2.24) is 15.5 Å². The molecule has 7 nitrogen and oxygen atoms in total. The summed E-state index contributed by atoms with van der Waals surface area (Å²) in [6, 6.07) is 15.6. The van der Waals surface area contributed by atoms with E-state index in [0.29, 0.717) is 38.4 Å². The van der Waals surface area contributed by atoms with E-state index in [2.05, 4.69) is 10.6 Å². The predicted molar refractivity (Wildman–Crippen MR) is 144 cm³/mol. The molecule has 1 saturated heterocycles. The number of rotatable bonds is 12. The molecule has 1 aliphatic heterocycles. The number of piperidine rings is 1. The lowest BCUT2D eigenvalue weighted by atomic mass is 9.73. The molecule has 0 aliphatic carbocycles. The minimum atomic E-state index is -1.14. The number of hydrogen-bond acceptors (Lipinski definition) is 5. The van der Waals surface area contributed by atoms with Crippen molar-refractivity contribution in [2.75, 3.05) is 40.4 Å². The summed E-state index contributed by atoms with van der Waals surface area (Å²) in [5.41, 5.74) is 0.755. The van der Waals surface area contributed by atoms with Crippen LogP contribution in [0.4, 0.5) is 4.79 Å². The fourth-order valence-corrected chi connectivity index (χ4v) is 5.13. The minimum absolute atomic E-state index is 0.0271. The first kappa shape index (κ1) is 28.0. The maximum absolute atomic E-state index is 13.0. The van der Waals surface area contributed by atoms with Gasteiger partial charge >= 0.3 is 6.03 Å². The van der Waals surface area contributed by atoms with Crippen LogP contribution in [0.1, 0.15) is 50.2 Å². The average Bonchev–Trinajstić information content (AvgIpc) is 2.87. The summed E-state index contributed by atoms with van der Waals surface area (Å²) >= 11 is 0. The minimum Gasteiger partial charge on any atom is -0.457 e. The van der Waals surface area contributed by atoms with Crippen LogP contribution in [0.3, 0.4) is 0 Å². The number of nitrogens with zero attached hydrogens (tertiary/aromatic N) is 1. The van der Waals surface area contributed by atoms with Crippen molar-refractivity contribution in [3.63, 3.8) is 0 Å². The third kappa shape index (κ3) is 7.45. The molecule has 3 rings (SSSR count). The lowest BCUT2D eigenvalue weighted by molar-refractivity contribution is -0.0574. The van der Waals surface area contributed by atoms with Crippen LogP contribution < -0.4 is 15.4 Å². The Morgan fingerprint density at radius 2 is 2.03 bits per heavy atom. The van der Waals surface area contributed by atoms with Gasteiger partial charge in [-0.15, -0.1) is 0 Å². The number of likely N-dealkylation sites (N-methyl/N-ethyl adjacent to an activating group) is 1. The Bertz CT molecular complexity index is 969. The number of aliphatic hydroxyl groups is 1. The summed E-state index contributed by atoms with van der Waals surface area (Å²) in [7, 11) is 3.57. The van der Waals surface area contributed by atoms with Crippen molar-refractivity contribution in [1.29, 1.82) is 0 Å². The number of benzene rings is 2. The summed E-state index contributed by atoms with van der Waals surface area (Å²) in [5.74, 6) is 1.29. The monoisotopic (exact) mass is 497 g/mol. The van der Waals surface area contributed by atoms with Crippen molar-refractivity contribution in [2.24, 2.45) is 5.92 Å². The highest BCUT2D eigenvalue weighted by Crippen LogP contribution is 2.44. The molecule has 3 unspecified atom stereocenters. The molecule has 1 aliphatic rings. The molecule has 0 saturated carbocycles. The molecule has 3 N–H and O–H groups in total. The highest BCUT2D eigenvalue weighted by Gasteiger charge is 2.43. The number of para-hydroxylation sites is 1. The largest absolute Gasteiger partial charge is 0.457 e. The fourth-order valence-electron chi connectivity index (χ4n) is 5.13. The predicted octanol–water partition coefficient (Wildman–Crippen LogP) is 4.82. The van der Waals surface area contributed by atoms with E-state index in [4.69, 9.17) is 9.47 Å². The molecule has 2 amide bonds. The number of aryl methyl sites for hydroxylation is 1. The smallest absolute Gasteiger partial charge is 0.317 e. The Labute approximate surface area is 216 Å². The maximum Gasteiger partial charge on any atom is 0.317 e. The number of ether oxygens (including phenoxy) is 2. The average molecular weight is 498 g/mol. The second kappa shape index (κ2) is 13.6. The zero-order valence-corrected chi connectivity index (χ0v) is 22.3. The van der Waals surface area contributed by atoms with E-state index in [0.717, 1.165) is 42.6 Å². The molecule has 2 aromatic carbocycles. The summed E-state index contributed by atoms with van der Waals surface area (Å²) in [6.07, 6.45) is 3.93. The molecule has 2 aromatic rings. The fraction of sp³-hybridized carbons (Fsp3) is 0.552. The summed E-state index contributed by atoms with van der Waals surface area (Å²) in [4.78, 5) is 14.8. The standard InChI is InChI=1S/C29H43N3O4/c1-22-11-9-13-25(19-22)36-27-15-6-5-14-26(27)29(34,16-7-8-18-35-4)24-12-10-17-32(21-24)28(33)31-23(2)20-30-3/h5-6,9,11,13-15,19,23-24,30,34H,7-8,10,12,16-18,20-21H2,1-4H3,(H,31,33). The van der Waals surface area contributed by atoms with Crippen molar-refractivity contribution < 1.29 is 19.4 Å². The summed E-state index contributed by atoms with van der Waals surface area (Å²) in [6.45, 7) is 6.56. The second-order valence-electron chi connectivity index (χ2n) is 9.98. The highest BCUT2D eigenvalue weighted by atomic mass is 16.5. The van der Waals surface area contributed by atoms with Crippen molar-refractivity contribution in [3.8, 4) is 11.5 Å². The van der Waals surface area contributed by atoms with E-state index in [1.54, 1.807) is 7.11 Å². The van der Waals surface area contributed by atoms with Gasteiger partial charge in [0.2, 0.25) is 0 Å². The second-order valence-corrected chi connectivity index (χ2v) is 9.98. The Balaban J connectivity index is 1.88. The molecular formula is C29H43N3O4. The Kier molecular flexibility index (Phi) is 10.6. The van der Waals surface area contributed by atoms with E-state index in [1.807, 2.05) is 74.3 Å². The molecule has 3 atom stereocenters. The van der Waals surface area contributed by atoms with Crippen LogP contribution in [0.2, 0.25) is 0 Å². The number of unbranched alkanes of at least 4 members (excludes halogenated alkanes) is 1. The molecular weight excluding hydrogens is 454 g/mol. The quantitative estimate of drug-likeness (QED) is 0.366. The maximum atomic E-state index is 13.0. The number of methoxy groups -OCH3 is 1. The van der Waals surface area contributed by atoms with Gasteiger partial charge in [0.1, 0.15) is 11.5 Å². The number of hydrogen-bond donors (Lipinski definition) is 3. The highest BCUT2D eigenvalue weighted by molar-refractivity contribution is 5.74. The van der Waals surface area contributed by atoms with Crippen LogP contribution in [-0.4, -0.2) is 62.5 Å². The molecule has 0 radical (unpaired) electrons. The van der Waals surface area contributed by atoms with E-state index < -0.39 is 5.60 Å². The zero-order valence-electron chi connectivity index (χ0n) is 22.3. The Morgan fingerprint density at radius 3 is 2.78 bits per heavy atom. The van der Waals surface area contributed by atoms with Crippen molar-refractivity contribution in [3.05, 3.63) is 59.7 Å². The first-order chi connectivity index (χ1) is 17.4. The number of nitrogens with one attached hydrogen (secondary N) is 2. The molecule has 7 heteroatoms. The van der Waals surface area contributed by atoms with Crippen LogP contribution in [0.15, 0.2) is 48.5 Å². The van der Waals surface area contributed by atoms with E-state index >= 15 is 0 Å². The number of carbonyl (C=O) groups is 1. The third-order valence-electron chi connectivity index (χ3n) is 6.99. The SMILES string of the molecule is CNCC(C)NC(=O)N1CCCC(C(O)(CCCCOC)c2ccccc2Oc2cccc(C)c2)C1. The number of likely N-dealkylation sites (tertiary alicyclic amines) is 1. The molecule has 198 valence electrons. The van der Waals surface area contributed by atoms with Crippen LogP contribution in [-0.2, 0) is 10.3 Å². The van der Waals surface area contributed by atoms with Gasteiger partial charge in [0.05, 0.1) is 5.60 Å². The van der Waals surface area contributed by atoms with Crippen LogP contribution in [0.25, 0.3) is 0 Å². The Hall–Kier alpha value is -2.61. The molecule has 1 fully saturated rings. The number of amides is 2. The van der Waals surface area contributed by atoms with Gasteiger partial charge in [-0.05, 0) is 76.8 Å². The van der Waals surface area contributed by atoms with E-state index in [-0.39, 0.29) is 18.0 Å². The van der Waals surface area contributed by atoms with Gasteiger partial charge in [-0.25, -0.2) is 4.79 Å². The van der Waals surface area contributed by atoms with Gasteiger partial charge in [-0.1, -0.05) is 30.3 Å². The molecule has 36 heavy (non-hydrogen) atoms. The first-order valence-electron chi connectivity index (χ1n) is 13.1. The lowest BCUT2D eigenvalue weighted by Crippen LogP contribution is -2.53. The van der Waals surface area contributed by atoms with Gasteiger partial charge in [-0.2, -0.15) is 0 Å². The van der Waals surface area contributed by atoms with Crippen molar-refractivity contribution >= 4 is 6.03 Å². The molecule has 0 bridgehead atoms. The lowest BCUT2D eigenvalue weighted by Gasteiger charge is -2.43. The summed E-state index contributed by atoms with van der Waals surface area (Å²) < 4.78 is 11.6. The van der Waals surface area contributed by atoms with Gasteiger partial charge in [-0.3, -0.25) is 0 Å². The topological polar surface area (TPSA) is 83.1 Å². The Morgan fingerprint density at radius 1 is 1.22 bits per heavy atom. The first-order valence-corrected chi connectivity index (χ1v) is 13.1. The van der Waals surface area contributed by atoms with Crippen LogP contribution in [0, 0.1) is 12.8 Å². The number of urea groups is 1. The van der Waals surface area contributed by atoms with Gasteiger partial charge < -0.3 is 30.1 Å². The van der Waals surface area contributed by atoms with Gasteiger partial charge in [0.25, 0.3) is 0 Å². The molecule has 0 aromatic heterocycles. The van der Waals surface area contributed by atoms with Crippen molar-refractivity contribution in [2.45, 2.75) is 57.6 Å².